The van der Waals surface area contributed by atoms with Gasteiger partial charge in [-0.25, -0.2) is 0 Å². The number of carbonyl (C=O) groups is 1. The number of hydrogen-bond acceptors (Lipinski definition) is 3. The number of likely N-dealkylation sites (tertiary alicyclic amines) is 1. The lowest BCUT2D eigenvalue weighted by atomic mass is 10.2. The molecule has 19 heavy (non-hydrogen) atoms. The first kappa shape index (κ1) is 14.0. The van der Waals surface area contributed by atoms with Crippen molar-refractivity contribution < 1.29 is 9.90 Å². The van der Waals surface area contributed by atoms with Gasteiger partial charge in [0.25, 0.3) is 0 Å². The maximum atomic E-state index is 12.6. The second kappa shape index (κ2) is 6.17. The number of nitrogens with zero attached hydrogens (tertiary/aromatic N) is 2. The van der Waals surface area contributed by atoms with Gasteiger partial charge >= 0.3 is 0 Å². The van der Waals surface area contributed by atoms with E-state index in [2.05, 4.69) is 4.90 Å². The number of rotatable bonds is 4. The molecule has 1 saturated heterocycles. The van der Waals surface area contributed by atoms with Gasteiger partial charge < -0.3 is 10.0 Å². The van der Waals surface area contributed by atoms with Gasteiger partial charge in [-0.05, 0) is 32.4 Å². The average Bonchev–Trinajstić information content (AvgIpc) is 2.86. The van der Waals surface area contributed by atoms with E-state index in [1.54, 1.807) is 4.90 Å². The Morgan fingerprint density at radius 1 is 1.47 bits per heavy atom. The largest absolute Gasteiger partial charge is 0.392 e. The van der Waals surface area contributed by atoms with E-state index in [0.717, 1.165) is 18.7 Å². The molecular weight excluding hydrogens is 240 g/mol. The Balaban J connectivity index is 2.08. The highest BCUT2D eigenvalue weighted by Crippen LogP contribution is 2.18. The maximum Gasteiger partial charge on any atom is 0.244 e. The van der Waals surface area contributed by atoms with Crippen LogP contribution in [0.15, 0.2) is 30.3 Å². The van der Waals surface area contributed by atoms with Crippen LogP contribution >= 0.6 is 0 Å². The molecule has 0 spiro atoms. The number of β-amino-alcohol motifs (C(OH)–C–C–N with tert-alkyl or cyclic N) is 1. The molecule has 1 aliphatic rings. The van der Waals surface area contributed by atoms with Crippen molar-refractivity contribution in [2.45, 2.75) is 32.4 Å². The SMILES string of the molecule is CCN(C(=O)C(C)N1CC[C@H](O)C1)c1ccccc1. The fourth-order valence-electron chi connectivity index (χ4n) is 2.58. The van der Waals surface area contributed by atoms with E-state index in [-0.39, 0.29) is 18.1 Å². The van der Waals surface area contributed by atoms with Crippen LogP contribution in [0.25, 0.3) is 0 Å². The Morgan fingerprint density at radius 3 is 2.68 bits per heavy atom. The maximum absolute atomic E-state index is 12.6. The number of aliphatic hydroxyl groups excluding tert-OH is 1. The van der Waals surface area contributed by atoms with Crippen LogP contribution in [-0.2, 0) is 4.79 Å². The first-order chi connectivity index (χ1) is 9.13. The molecule has 1 aromatic carbocycles. The number of benzene rings is 1. The van der Waals surface area contributed by atoms with Gasteiger partial charge in [-0.2, -0.15) is 0 Å². The number of para-hydroxylation sites is 1. The summed E-state index contributed by atoms with van der Waals surface area (Å²) in [5.74, 6) is 0.0998. The zero-order valence-electron chi connectivity index (χ0n) is 11.6. The minimum absolute atomic E-state index is 0.0998. The smallest absolute Gasteiger partial charge is 0.244 e. The van der Waals surface area contributed by atoms with Crippen molar-refractivity contribution in [1.82, 2.24) is 4.90 Å². The molecule has 104 valence electrons. The van der Waals surface area contributed by atoms with Crippen LogP contribution in [0, 0.1) is 0 Å². The highest BCUT2D eigenvalue weighted by Gasteiger charge is 2.30. The molecule has 1 heterocycles. The summed E-state index contributed by atoms with van der Waals surface area (Å²) in [7, 11) is 0. The Hall–Kier alpha value is -1.39. The Bertz CT molecular complexity index is 421. The monoisotopic (exact) mass is 262 g/mol. The third kappa shape index (κ3) is 3.14. The molecule has 1 unspecified atom stereocenters. The van der Waals surface area contributed by atoms with E-state index in [1.807, 2.05) is 44.2 Å². The molecule has 1 N–H and O–H groups in total. The van der Waals surface area contributed by atoms with Crippen LogP contribution in [0.4, 0.5) is 5.69 Å². The minimum atomic E-state index is -0.290. The van der Waals surface area contributed by atoms with Gasteiger partial charge in [-0.3, -0.25) is 9.69 Å². The zero-order chi connectivity index (χ0) is 13.8. The fourth-order valence-corrected chi connectivity index (χ4v) is 2.58. The first-order valence-electron chi connectivity index (χ1n) is 6.92. The van der Waals surface area contributed by atoms with E-state index in [4.69, 9.17) is 0 Å². The van der Waals surface area contributed by atoms with Crippen LogP contribution < -0.4 is 4.90 Å². The molecule has 0 saturated carbocycles. The van der Waals surface area contributed by atoms with Gasteiger partial charge in [0, 0.05) is 25.3 Å². The summed E-state index contributed by atoms with van der Waals surface area (Å²) in [6, 6.07) is 9.55. The van der Waals surface area contributed by atoms with Crippen molar-refractivity contribution >= 4 is 11.6 Å². The molecule has 2 rings (SSSR count). The molecule has 2 atom stereocenters. The predicted octanol–water partition coefficient (Wildman–Crippen LogP) is 1.49. The summed E-state index contributed by atoms with van der Waals surface area (Å²) in [5.41, 5.74) is 0.932. The minimum Gasteiger partial charge on any atom is -0.392 e. The molecular formula is C15H22N2O2. The molecule has 4 nitrogen and oxygen atoms in total. The number of amides is 1. The molecule has 0 aliphatic carbocycles. The third-order valence-electron chi connectivity index (χ3n) is 3.75. The molecule has 1 amide bonds. The quantitative estimate of drug-likeness (QED) is 0.894. The molecule has 1 fully saturated rings. The number of likely N-dealkylation sites (N-methyl/N-ethyl adjacent to an activating group) is 1. The second-order valence-corrected chi connectivity index (χ2v) is 5.03. The topological polar surface area (TPSA) is 43.8 Å². The third-order valence-corrected chi connectivity index (χ3v) is 3.75. The van der Waals surface area contributed by atoms with Crippen molar-refractivity contribution in [1.29, 1.82) is 0 Å². The normalized spacial score (nSPS) is 21.3. The summed E-state index contributed by atoms with van der Waals surface area (Å²) < 4.78 is 0. The molecule has 0 aromatic heterocycles. The second-order valence-electron chi connectivity index (χ2n) is 5.03. The highest BCUT2D eigenvalue weighted by molar-refractivity contribution is 5.96. The zero-order valence-corrected chi connectivity index (χ0v) is 11.6. The van der Waals surface area contributed by atoms with Crippen molar-refractivity contribution in [3.05, 3.63) is 30.3 Å². The fraction of sp³-hybridized carbons (Fsp3) is 0.533. The van der Waals surface area contributed by atoms with Crippen molar-refractivity contribution in [2.75, 3.05) is 24.5 Å². The molecule has 0 radical (unpaired) electrons. The highest BCUT2D eigenvalue weighted by atomic mass is 16.3. The van der Waals surface area contributed by atoms with E-state index >= 15 is 0 Å². The lowest BCUT2D eigenvalue weighted by Crippen LogP contribution is -2.46. The Labute approximate surface area is 114 Å². The van der Waals surface area contributed by atoms with Crippen LogP contribution in [0.3, 0.4) is 0 Å². The van der Waals surface area contributed by atoms with E-state index in [0.29, 0.717) is 13.1 Å². The lowest BCUT2D eigenvalue weighted by molar-refractivity contribution is -0.123. The van der Waals surface area contributed by atoms with Gasteiger partial charge in [0.2, 0.25) is 5.91 Å². The average molecular weight is 262 g/mol. The Kier molecular flexibility index (Phi) is 4.56. The first-order valence-corrected chi connectivity index (χ1v) is 6.92. The summed E-state index contributed by atoms with van der Waals surface area (Å²) in [6.07, 6.45) is 0.469. The van der Waals surface area contributed by atoms with Gasteiger partial charge in [0.15, 0.2) is 0 Å². The van der Waals surface area contributed by atoms with E-state index in [9.17, 15) is 9.90 Å². The van der Waals surface area contributed by atoms with Crippen LogP contribution in [-0.4, -0.2) is 47.7 Å². The van der Waals surface area contributed by atoms with Gasteiger partial charge in [-0.1, -0.05) is 18.2 Å². The molecule has 1 aromatic rings. The van der Waals surface area contributed by atoms with Gasteiger partial charge in [0.1, 0.15) is 0 Å². The van der Waals surface area contributed by atoms with Crippen molar-refractivity contribution in [3.63, 3.8) is 0 Å². The van der Waals surface area contributed by atoms with Crippen LogP contribution in [0.5, 0.6) is 0 Å². The van der Waals surface area contributed by atoms with E-state index < -0.39 is 0 Å². The number of aliphatic hydroxyl groups is 1. The molecule has 4 heteroatoms. The van der Waals surface area contributed by atoms with Crippen LogP contribution in [0.2, 0.25) is 0 Å². The predicted molar refractivity (Wildman–Crippen MR) is 76.1 cm³/mol. The molecule has 0 bridgehead atoms. The number of hydrogen-bond donors (Lipinski definition) is 1. The van der Waals surface area contributed by atoms with E-state index in [1.165, 1.54) is 0 Å². The number of carbonyl (C=O) groups excluding carboxylic acids is 1. The standard InChI is InChI=1S/C15H22N2O2/c1-3-17(13-7-5-4-6-8-13)15(19)12(2)16-10-9-14(18)11-16/h4-8,12,14,18H,3,9-11H2,1-2H3/t12?,14-/m0/s1. The van der Waals surface area contributed by atoms with Crippen molar-refractivity contribution in [2.24, 2.45) is 0 Å². The van der Waals surface area contributed by atoms with Crippen LogP contribution in [0.1, 0.15) is 20.3 Å². The summed E-state index contributed by atoms with van der Waals surface area (Å²) in [6.45, 7) is 5.95. The summed E-state index contributed by atoms with van der Waals surface area (Å²) in [5, 5.41) is 9.58. The van der Waals surface area contributed by atoms with Gasteiger partial charge in [-0.15, -0.1) is 0 Å². The lowest BCUT2D eigenvalue weighted by Gasteiger charge is -2.29. The summed E-state index contributed by atoms with van der Waals surface area (Å²) >= 11 is 0. The van der Waals surface area contributed by atoms with Crippen molar-refractivity contribution in [3.8, 4) is 0 Å². The summed E-state index contributed by atoms with van der Waals surface area (Å²) in [4.78, 5) is 16.4. The Morgan fingerprint density at radius 2 is 2.16 bits per heavy atom. The number of anilines is 1. The molecule has 1 aliphatic heterocycles. The van der Waals surface area contributed by atoms with Gasteiger partial charge in [0.05, 0.1) is 12.1 Å².